The topological polar surface area (TPSA) is 135 Å². The number of carboxylic acid groups (broad SMARTS) is 1. The maximum absolute atomic E-state index is 11.2. The van der Waals surface area contributed by atoms with Crippen LogP contribution in [0.5, 0.6) is 0 Å². The third-order valence-corrected chi connectivity index (χ3v) is 8.10. The summed E-state index contributed by atoms with van der Waals surface area (Å²) >= 11 is 1.42. The molecule has 4 rings (SSSR count). The highest BCUT2D eigenvalue weighted by molar-refractivity contribution is 8.00. The van der Waals surface area contributed by atoms with Crippen LogP contribution in [0.1, 0.15) is 64.6 Å². The monoisotopic (exact) mass is 511 g/mol. The summed E-state index contributed by atoms with van der Waals surface area (Å²) in [6.45, 7) is 5.30. The number of hydrogen-bond acceptors (Lipinski definition) is 8. The molecular weight excluding hydrogens is 474 g/mol. The van der Waals surface area contributed by atoms with E-state index in [0.29, 0.717) is 23.5 Å². The highest BCUT2D eigenvalue weighted by Gasteiger charge is 2.27. The Morgan fingerprint density at radius 3 is 2.44 bits per heavy atom. The average molecular weight is 512 g/mol. The fourth-order valence-electron chi connectivity index (χ4n) is 4.73. The van der Waals surface area contributed by atoms with Crippen LogP contribution in [0.3, 0.4) is 0 Å². The highest BCUT2D eigenvalue weighted by atomic mass is 32.2. The first-order valence-electron chi connectivity index (χ1n) is 12.9. The molecule has 9 nitrogen and oxygen atoms in total. The summed E-state index contributed by atoms with van der Waals surface area (Å²) in [5.41, 5.74) is 0.759. The lowest BCUT2D eigenvalue weighted by Gasteiger charge is -2.33. The first kappa shape index (κ1) is 26.1. The number of nitrogens with one attached hydrogen (secondary N) is 5. The summed E-state index contributed by atoms with van der Waals surface area (Å²) in [5, 5.41) is 26.6. The molecule has 36 heavy (non-hydrogen) atoms. The second-order valence-electron chi connectivity index (χ2n) is 10.1. The molecule has 6 N–H and O–H groups in total. The van der Waals surface area contributed by atoms with Crippen molar-refractivity contribution in [1.29, 1.82) is 5.41 Å². The standard InChI is InChI=1S/C26H37N7O2S/c1-16-11-13-18(14-12-16)15-28-21-23(29-17(2)19-7-6-8-19)31-25(22(27)30-26(34)35)32-24(21)33-36-20-9-4-3-5-10-20/h3-5,9-10,16-19,28H,6-8,11-15H2,1-2H3,(H2,27,30)(H,34,35)(H2,29,31,32,33)/t16-,17-,18-/m1/s1. The van der Waals surface area contributed by atoms with Crippen molar-refractivity contribution in [2.24, 2.45) is 17.8 Å². The van der Waals surface area contributed by atoms with Gasteiger partial charge in [-0.15, -0.1) is 0 Å². The molecule has 2 saturated carbocycles. The van der Waals surface area contributed by atoms with Crippen LogP contribution in [0.4, 0.5) is 22.1 Å². The molecule has 1 atom stereocenters. The zero-order chi connectivity index (χ0) is 25.5. The number of amidine groups is 1. The maximum atomic E-state index is 11.2. The molecule has 10 heteroatoms. The lowest BCUT2D eigenvalue weighted by atomic mass is 9.80. The zero-order valence-corrected chi connectivity index (χ0v) is 21.8. The van der Waals surface area contributed by atoms with Crippen LogP contribution >= 0.6 is 11.9 Å². The lowest BCUT2D eigenvalue weighted by Crippen LogP contribution is -2.33. The van der Waals surface area contributed by atoms with Gasteiger partial charge in [-0.05, 0) is 74.4 Å². The van der Waals surface area contributed by atoms with Gasteiger partial charge < -0.3 is 20.5 Å². The van der Waals surface area contributed by atoms with Crippen molar-refractivity contribution in [3.8, 4) is 0 Å². The minimum Gasteiger partial charge on any atom is -0.465 e. The van der Waals surface area contributed by atoms with Crippen molar-refractivity contribution in [3.05, 3.63) is 36.2 Å². The molecule has 0 radical (unpaired) electrons. The Labute approximate surface area is 217 Å². The Kier molecular flexibility index (Phi) is 8.90. The van der Waals surface area contributed by atoms with E-state index in [4.69, 9.17) is 10.5 Å². The van der Waals surface area contributed by atoms with Gasteiger partial charge >= 0.3 is 6.09 Å². The van der Waals surface area contributed by atoms with Gasteiger partial charge in [0, 0.05) is 17.5 Å². The fraction of sp³-hybridized carbons (Fsp3) is 0.538. The number of carbonyl (C=O) groups is 1. The van der Waals surface area contributed by atoms with Gasteiger partial charge in [-0.3, -0.25) is 10.7 Å². The molecule has 2 aliphatic rings. The first-order chi connectivity index (χ1) is 17.4. The Bertz CT molecular complexity index is 1040. The van der Waals surface area contributed by atoms with Gasteiger partial charge in [-0.2, -0.15) is 0 Å². The second kappa shape index (κ2) is 12.3. The van der Waals surface area contributed by atoms with Crippen LogP contribution in [0.15, 0.2) is 35.2 Å². The molecule has 1 amide bonds. The molecule has 2 aromatic rings. The van der Waals surface area contributed by atoms with Crippen LogP contribution in [0, 0.1) is 23.2 Å². The molecule has 1 aromatic heterocycles. The Morgan fingerprint density at radius 2 is 1.81 bits per heavy atom. The quantitative estimate of drug-likeness (QED) is 0.129. The summed E-state index contributed by atoms with van der Waals surface area (Å²) in [6.07, 6.45) is 7.18. The van der Waals surface area contributed by atoms with Crippen LogP contribution in [-0.2, 0) is 0 Å². The van der Waals surface area contributed by atoms with Gasteiger partial charge in [-0.1, -0.05) is 44.4 Å². The van der Waals surface area contributed by atoms with Crippen molar-refractivity contribution in [1.82, 2.24) is 15.3 Å². The largest absolute Gasteiger partial charge is 0.465 e. The Balaban J connectivity index is 1.63. The normalized spacial score (nSPS) is 20.6. The van der Waals surface area contributed by atoms with Gasteiger partial charge in [0.15, 0.2) is 23.3 Å². The van der Waals surface area contributed by atoms with Gasteiger partial charge in [0.25, 0.3) is 0 Å². The predicted octanol–water partition coefficient (Wildman–Crippen LogP) is 6.03. The molecule has 0 bridgehead atoms. The van der Waals surface area contributed by atoms with Crippen molar-refractivity contribution in [2.45, 2.75) is 69.7 Å². The van der Waals surface area contributed by atoms with E-state index < -0.39 is 6.09 Å². The SMILES string of the molecule is C[C@@H](Nc1nc(C(=N)NC(=O)O)nc(NSc2ccccc2)c1NC[C@H]1CC[C@H](C)CC1)C1CCC1. The number of amides is 1. The summed E-state index contributed by atoms with van der Waals surface area (Å²) in [6, 6.07) is 10.1. The number of hydrogen-bond donors (Lipinski definition) is 6. The van der Waals surface area contributed by atoms with E-state index in [0.717, 1.165) is 23.0 Å². The Morgan fingerprint density at radius 1 is 1.11 bits per heavy atom. The van der Waals surface area contributed by atoms with E-state index in [-0.39, 0.29) is 17.7 Å². The van der Waals surface area contributed by atoms with Gasteiger partial charge in [-0.25, -0.2) is 14.8 Å². The number of benzene rings is 1. The predicted molar refractivity (Wildman–Crippen MR) is 146 cm³/mol. The molecular formula is C26H37N7O2S. The molecule has 0 unspecified atom stereocenters. The van der Waals surface area contributed by atoms with E-state index in [1.165, 1.54) is 56.9 Å². The number of nitrogens with zero attached hydrogens (tertiary/aromatic N) is 2. The minimum absolute atomic E-state index is 0.0221. The van der Waals surface area contributed by atoms with E-state index >= 15 is 0 Å². The van der Waals surface area contributed by atoms with Crippen LogP contribution in [0.25, 0.3) is 0 Å². The van der Waals surface area contributed by atoms with Crippen LogP contribution in [0.2, 0.25) is 0 Å². The van der Waals surface area contributed by atoms with Crippen molar-refractivity contribution < 1.29 is 9.90 Å². The van der Waals surface area contributed by atoms with Crippen molar-refractivity contribution in [3.63, 3.8) is 0 Å². The third kappa shape index (κ3) is 7.02. The van der Waals surface area contributed by atoms with Crippen molar-refractivity contribution >= 4 is 41.2 Å². The summed E-state index contributed by atoms with van der Waals surface area (Å²) < 4.78 is 3.33. The van der Waals surface area contributed by atoms with Gasteiger partial charge in [0.1, 0.15) is 5.69 Å². The van der Waals surface area contributed by atoms with Crippen molar-refractivity contribution in [2.75, 3.05) is 21.9 Å². The molecule has 0 spiro atoms. The van der Waals surface area contributed by atoms with Gasteiger partial charge in [0.05, 0.1) is 0 Å². The van der Waals surface area contributed by atoms with E-state index in [1.807, 2.05) is 30.3 Å². The second-order valence-corrected chi connectivity index (χ2v) is 11.0. The van der Waals surface area contributed by atoms with Crippen LogP contribution < -0.4 is 20.7 Å². The maximum Gasteiger partial charge on any atom is 0.410 e. The molecule has 1 heterocycles. The minimum atomic E-state index is -1.32. The molecule has 2 aliphatic carbocycles. The van der Waals surface area contributed by atoms with Crippen LogP contribution in [-0.4, -0.2) is 39.6 Å². The molecule has 194 valence electrons. The van der Waals surface area contributed by atoms with E-state index in [2.05, 4.69) is 44.5 Å². The number of rotatable bonds is 10. The molecule has 2 fully saturated rings. The molecule has 0 saturated heterocycles. The summed E-state index contributed by atoms with van der Waals surface area (Å²) in [4.78, 5) is 21.4. The summed E-state index contributed by atoms with van der Waals surface area (Å²) in [5.74, 6) is 2.73. The Hall–Kier alpha value is -3.01. The average Bonchev–Trinajstić information content (AvgIpc) is 2.82. The van der Waals surface area contributed by atoms with Gasteiger partial charge in [0.2, 0.25) is 0 Å². The molecule has 1 aromatic carbocycles. The molecule has 0 aliphatic heterocycles. The fourth-order valence-corrected chi connectivity index (χ4v) is 5.39. The van der Waals surface area contributed by atoms with E-state index in [9.17, 15) is 4.79 Å². The third-order valence-electron chi connectivity index (χ3n) is 7.30. The summed E-state index contributed by atoms with van der Waals surface area (Å²) in [7, 11) is 0. The number of anilines is 3. The lowest BCUT2D eigenvalue weighted by molar-refractivity contribution is 0.200. The number of aromatic nitrogens is 2. The zero-order valence-electron chi connectivity index (χ0n) is 21.0. The van der Waals surface area contributed by atoms with E-state index in [1.54, 1.807) is 0 Å². The first-order valence-corrected chi connectivity index (χ1v) is 13.7. The highest BCUT2D eigenvalue weighted by Crippen LogP contribution is 2.36. The smallest absolute Gasteiger partial charge is 0.410 e.